The van der Waals surface area contributed by atoms with Crippen LogP contribution in [0.2, 0.25) is 0 Å². The first-order valence-corrected chi connectivity index (χ1v) is 8.94. The molecule has 0 saturated carbocycles. The second kappa shape index (κ2) is 6.32. The van der Waals surface area contributed by atoms with Crippen LogP contribution in [0.1, 0.15) is 35.6 Å². The van der Waals surface area contributed by atoms with Gasteiger partial charge in [0, 0.05) is 6.54 Å². The molecule has 22 heavy (non-hydrogen) atoms. The maximum Gasteiger partial charge on any atom is 0.242 e. The minimum atomic E-state index is 0.0802. The molecule has 0 aliphatic carbocycles. The molecule has 0 bridgehead atoms. The smallest absolute Gasteiger partial charge is 0.242 e. The normalized spacial score (nSPS) is 21.7. The summed E-state index contributed by atoms with van der Waals surface area (Å²) in [4.78, 5) is 27.9. The zero-order valence-electron chi connectivity index (χ0n) is 13.2. The fourth-order valence-corrected chi connectivity index (χ4v) is 4.08. The molecule has 2 fully saturated rings. The summed E-state index contributed by atoms with van der Waals surface area (Å²) in [5, 5.41) is 0. The van der Waals surface area contributed by atoms with E-state index in [0.717, 1.165) is 19.4 Å². The van der Waals surface area contributed by atoms with Gasteiger partial charge in [-0.15, -0.1) is 11.8 Å². The topological polar surface area (TPSA) is 40.6 Å². The fourth-order valence-electron chi connectivity index (χ4n) is 3.18. The third kappa shape index (κ3) is 3.00. The fraction of sp³-hybridized carbons (Fsp3) is 0.529. The highest BCUT2D eigenvalue weighted by Gasteiger charge is 2.32. The van der Waals surface area contributed by atoms with Gasteiger partial charge >= 0.3 is 0 Å². The maximum atomic E-state index is 12.6. The van der Waals surface area contributed by atoms with Crippen LogP contribution in [0.15, 0.2) is 18.2 Å². The van der Waals surface area contributed by atoms with E-state index in [0.29, 0.717) is 11.6 Å². The Kier molecular flexibility index (Phi) is 4.43. The lowest BCUT2D eigenvalue weighted by Gasteiger charge is -2.27. The second-order valence-electron chi connectivity index (χ2n) is 6.16. The van der Waals surface area contributed by atoms with Gasteiger partial charge in [0.2, 0.25) is 11.8 Å². The lowest BCUT2D eigenvalue weighted by atomic mass is 9.99. The highest BCUT2D eigenvalue weighted by molar-refractivity contribution is 8.00. The van der Waals surface area contributed by atoms with Gasteiger partial charge in [-0.05, 0) is 43.4 Å². The van der Waals surface area contributed by atoms with Crippen LogP contribution in [0, 0.1) is 13.8 Å². The zero-order chi connectivity index (χ0) is 15.7. The number of nitrogens with zero attached hydrogens (tertiary/aromatic N) is 2. The molecule has 0 radical (unpaired) electrons. The van der Waals surface area contributed by atoms with E-state index in [-0.39, 0.29) is 24.4 Å². The van der Waals surface area contributed by atoms with Crippen molar-refractivity contribution in [2.24, 2.45) is 0 Å². The van der Waals surface area contributed by atoms with Crippen LogP contribution in [0.25, 0.3) is 0 Å². The van der Waals surface area contributed by atoms with Crippen molar-refractivity contribution in [1.29, 1.82) is 0 Å². The second-order valence-corrected chi connectivity index (χ2v) is 7.11. The number of amides is 2. The van der Waals surface area contributed by atoms with E-state index in [2.05, 4.69) is 32.0 Å². The van der Waals surface area contributed by atoms with Crippen molar-refractivity contribution in [1.82, 2.24) is 9.80 Å². The molecule has 2 aliphatic rings. The van der Waals surface area contributed by atoms with Gasteiger partial charge in [0.1, 0.15) is 6.54 Å². The van der Waals surface area contributed by atoms with Crippen molar-refractivity contribution in [3.8, 4) is 0 Å². The summed E-state index contributed by atoms with van der Waals surface area (Å²) < 4.78 is 0. The Labute approximate surface area is 135 Å². The van der Waals surface area contributed by atoms with Gasteiger partial charge < -0.3 is 9.80 Å². The number of hydrogen-bond donors (Lipinski definition) is 0. The van der Waals surface area contributed by atoms with E-state index in [4.69, 9.17) is 0 Å². The van der Waals surface area contributed by atoms with Crippen molar-refractivity contribution < 1.29 is 9.59 Å². The molecule has 1 aromatic carbocycles. The molecule has 0 spiro atoms. The van der Waals surface area contributed by atoms with Gasteiger partial charge in [-0.1, -0.05) is 18.2 Å². The predicted molar refractivity (Wildman–Crippen MR) is 88.6 cm³/mol. The largest absolute Gasteiger partial charge is 0.334 e. The first kappa shape index (κ1) is 15.4. The average Bonchev–Trinajstić information content (AvgIpc) is 3.12. The summed E-state index contributed by atoms with van der Waals surface area (Å²) in [6.45, 7) is 5.24. The summed E-state index contributed by atoms with van der Waals surface area (Å²) in [5.74, 6) is 1.32. The Bertz CT molecular complexity index is 602. The third-order valence-electron chi connectivity index (χ3n) is 4.64. The van der Waals surface area contributed by atoms with Crippen molar-refractivity contribution >= 4 is 23.6 Å². The van der Waals surface area contributed by atoms with E-state index in [1.807, 2.05) is 4.90 Å². The Morgan fingerprint density at radius 3 is 2.82 bits per heavy atom. The van der Waals surface area contributed by atoms with Gasteiger partial charge in [-0.2, -0.15) is 0 Å². The molecule has 2 amide bonds. The quantitative estimate of drug-likeness (QED) is 0.860. The molecule has 118 valence electrons. The summed E-state index contributed by atoms with van der Waals surface area (Å²) in [5.41, 5.74) is 3.76. The van der Waals surface area contributed by atoms with E-state index in [9.17, 15) is 9.59 Å². The van der Waals surface area contributed by atoms with Crippen molar-refractivity contribution in [2.45, 2.75) is 32.7 Å². The number of rotatable bonds is 3. The summed E-state index contributed by atoms with van der Waals surface area (Å²) in [6, 6.07) is 6.63. The maximum absolute atomic E-state index is 12.6. The van der Waals surface area contributed by atoms with Crippen LogP contribution in [-0.4, -0.2) is 46.3 Å². The van der Waals surface area contributed by atoms with E-state index in [1.165, 1.54) is 16.7 Å². The summed E-state index contributed by atoms with van der Waals surface area (Å²) in [7, 11) is 0. The van der Waals surface area contributed by atoms with Crippen LogP contribution in [0.5, 0.6) is 0 Å². The van der Waals surface area contributed by atoms with Gasteiger partial charge in [0.25, 0.3) is 0 Å². The first-order valence-electron chi connectivity index (χ1n) is 7.78. The van der Waals surface area contributed by atoms with E-state index in [1.54, 1.807) is 16.7 Å². The van der Waals surface area contributed by atoms with Gasteiger partial charge in [-0.3, -0.25) is 9.59 Å². The SMILES string of the molecule is Cc1ccc([C@@H]2CCCN2C(=O)CN2CSCC2=O)cc1C. The molecule has 0 aromatic heterocycles. The Hall–Kier alpha value is -1.49. The molecule has 4 nitrogen and oxygen atoms in total. The number of thioether (sulfide) groups is 1. The highest BCUT2D eigenvalue weighted by atomic mass is 32.2. The molecule has 0 N–H and O–H groups in total. The summed E-state index contributed by atoms with van der Waals surface area (Å²) >= 11 is 1.58. The van der Waals surface area contributed by atoms with Crippen molar-refractivity contribution in [3.05, 3.63) is 34.9 Å². The monoisotopic (exact) mass is 318 g/mol. The van der Waals surface area contributed by atoms with Crippen LogP contribution < -0.4 is 0 Å². The van der Waals surface area contributed by atoms with Crippen LogP contribution in [-0.2, 0) is 9.59 Å². The number of benzene rings is 1. The van der Waals surface area contributed by atoms with Gasteiger partial charge in [0.15, 0.2) is 0 Å². The molecule has 5 heteroatoms. The minimum Gasteiger partial charge on any atom is -0.334 e. The summed E-state index contributed by atoms with van der Waals surface area (Å²) in [6.07, 6.45) is 2.04. The van der Waals surface area contributed by atoms with Crippen LogP contribution >= 0.6 is 11.8 Å². The van der Waals surface area contributed by atoms with Gasteiger partial charge in [0.05, 0.1) is 17.7 Å². The lowest BCUT2D eigenvalue weighted by molar-refractivity contribution is -0.138. The highest BCUT2D eigenvalue weighted by Crippen LogP contribution is 2.33. The molecular weight excluding hydrogens is 296 g/mol. The van der Waals surface area contributed by atoms with Crippen LogP contribution in [0.4, 0.5) is 0 Å². The van der Waals surface area contributed by atoms with Crippen molar-refractivity contribution in [2.75, 3.05) is 24.7 Å². The lowest BCUT2D eigenvalue weighted by Crippen LogP contribution is -2.40. The molecule has 0 unspecified atom stereocenters. The Morgan fingerprint density at radius 1 is 1.32 bits per heavy atom. The molecule has 1 atom stereocenters. The first-order chi connectivity index (χ1) is 10.6. The molecular formula is C17H22N2O2S. The van der Waals surface area contributed by atoms with E-state index >= 15 is 0 Å². The number of aryl methyl sites for hydroxylation is 2. The number of likely N-dealkylation sites (tertiary alicyclic amines) is 1. The van der Waals surface area contributed by atoms with Crippen molar-refractivity contribution in [3.63, 3.8) is 0 Å². The number of hydrogen-bond acceptors (Lipinski definition) is 3. The van der Waals surface area contributed by atoms with E-state index < -0.39 is 0 Å². The third-order valence-corrected chi connectivity index (χ3v) is 5.59. The molecule has 2 saturated heterocycles. The average molecular weight is 318 g/mol. The predicted octanol–water partition coefficient (Wildman–Crippen LogP) is 2.50. The minimum absolute atomic E-state index is 0.0802. The number of carbonyl (C=O) groups is 2. The standard InChI is InChI=1S/C17H22N2O2S/c1-12-5-6-14(8-13(12)2)15-4-3-7-19(15)16(20)9-18-11-22-10-17(18)21/h5-6,8,15H,3-4,7,9-11H2,1-2H3/t15-/m0/s1. The number of carbonyl (C=O) groups excluding carboxylic acids is 2. The molecule has 1 aromatic rings. The molecule has 3 rings (SSSR count). The Balaban J connectivity index is 1.73. The zero-order valence-corrected chi connectivity index (χ0v) is 14.0. The van der Waals surface area contributed by atoms with Crippen LogP contribution in [0.3, 0.4) is 0 Å². The molecule has 2 aliphatic heterocycles. The molecule has 2 heterocycles. The van der Waals surface area contributed by atoms with Gasteiger partial charge in [-0.25, -0.2) is 0 Å². The Morgan fingerprint density at radius 2 is 2.14 bits per heavy atom.